The largest absolute Gasteiger partial charge is 0.348 e. The molecule has 5 aliphatic rings. The Bertz CT molecular complexity index is 1250. The molecule has 0 aromatic heterocycles. The van der Waals surface area contributed by atoms with Crippen molar-refractivity contribution < 1.29 is 14.3 Å². The molecule has 7 atom stereocenters. The van der Waals surface area contributed by atoms with Crippen LogP contribution < -0.4 is 10.6 Å². The van der Waals surface area contributed by atoms with Gasteiger partial charge in [-0.3, -0.25) is 25.1 Å². The number of nitrogens with one attached hydrogen (secondary N) is 2. The fraction of sp³-hybridized carbons (Fsp3) is 0.656. The van der Waals surface area contributed by atoms with Gasteiger partial charge in [0.15, 0.2) is 12.1 Å². The summed E-state index contributed by atoms with van der Waals surface area (Å²) in [5.74, 6) is 1.10. The summed E-state index contributed by atoms with van der Waals surface area (Å²) in [4.78, 5) is 33.6. The summed E-state index contributed by atoms with van der Waals surface area (Å²) in [6, 6.07) is 8.76. The van der Waals surface area contributed by atoms with Gasteiger partial charge in [0.05, 0.1) is 42.1 Å². The first-order valence-corrected chi connectivity index (χ1v) is 16.4. The van der Waals surface area contributed by atoms with Crippen molar-refractivity contribution in [2.75, 3.05) is 39.8 Å². The number of hydrogen-bond acceptors (Lipinski definition) is 9. The highest BCUT2D eigenvalue weighted by Gasteiger charge is 2.55. The van der Waals surface area contributed by atoms with Crippen LogP contribution in [0.15, 0.2) is 30.9 Å². The summed E-state index contributed by atoms with van der Waals surface area (Å²) in [5.41, 5.74) is 3.92. The molecular formula is C32H44N6O3S. The number of nitrogens with zero attached hydrogens (tertiary/aromatic N) is 4. The Morgan fingerprint density at radius 1 is 1.24 bits per heavy atom. The Morgan fingerprint density at radius 2 is 2.10 bits per heavy atom. The maximum Gasteiger partial charge on any atom is 0.246 e. The summed E-state index contributed by atoms with van der Waals surface area (Å²) in [6.07, 6.45) is 5.90. The smallest absolute Gasteiger partial charge is 0.246 e. The van der Waals surface area contributed by atoms with Crippen LogP contribution in [0.4, 0.5) is 0 Å². The van der Waals surface area contributed by atoms with Gasteiger partial charge < -0.3 is 14.5 Å². The third-order valence-electron chi connectivity index (χ3n) is 10.3. The van der Waals surface area contributed by atoms with Crippen molar-refractivity contribution in [3.8, 4) is 6.07 Å². The number of rotatable bonds is 6. The number of carbonyl (C=O) groups is 2. The number of benzene rings is 1. The average Bonchev–Trinajstić information content (AvgIpc) is 3.42. The molecule has 1 saturated carbocycles. The van der Waals surface area contributed by atoms with Gasteiger partial charge in [0.2, 0.25) is 5.91 Å². The Kier molecular flexibility index (Phi) is 8.79. The molecule has 6 rings (SSSR count). The van der Waals surface area contributed by atoms with Gasteiger partial charge in [-0.25, -0.2) is 0 Å². The van der Waals surface area contributed by atoms with Crippen LogP contribution in [0.25, 0.3) is 0 Å². The molecule has 226 valence electrons. The van der Waals surface area contributed by atoms with Gasteiger partial charge in [0.1, 0.15) is 0 Å². The van der Waals surface area contributed by atoms with Crippen LogP contribution in [0, 0.1) is 24.2 Å². The van der Waals surface area contributed by atoms with Crippen molar-refractivity contribution in [3.63, 3.8) is 0 Å². The number of fused-ring (bicyclic) bond motifs is 2. The van der Waals surface area contributed by atoms with Crippen LogP contribution in [0.3, 0.4) is 0 Å². The number of hydrogen-bond donors (Lipinski definition) is 2. The van der Waals surface area contributed by atoms with E-state index >= 15 is 0 Å². The van der Waals surface area contributed by atoms with Crippen LogP contribution in [0.1, 0.15) is 48.8 Å². The number of piperazine rings is 1. The van der Waals surface area contributed by atoms with Gasteiger partial charge in [0, 0.05) is 37.3 Å². The lowest BCUT2D eigenvalue weighted by Crippen LogP contribution is -2.75. The summed E-state index contributed by atoms with van der Waals surface area (Å²) >= 11 is 1.83. The molecule has 0 bridgehead atoms. The molecular weight excluding hydrogens is 548 g/mol. The molecule has 0 radical (unpaired) electrons. The molecule has 9 nitrogen and oxygen atoms in total. The normalized spacial score (nSPS) is 35.5. The van der Waals surface area contributed by atoms with Crippen LogP contribution >= 0.6 is 11.8 Å². The van der Waals surface area contributed by atoms with E-state index in [4.69, 9.17) is 4.74 Å². The van der Waals surface area contributed by atoms with E-state index in [-0.39, 0.29) is 36.5 Å². The van der Waals surface area contributed by atoms with Crippen molar-refractivity contribution in [1.29, 1.82) is 5.26 Å². The zero-order valence-electron chi connectivity index (χ0n) is 24.9. The summed E-state index contributed by atoms with van der Waals surface area (Å²) in [5, 5.41) is 16.9. The lowest BCUT2D eigenvalue weighted by atomic mass is 9.71. The number of ether oxygens (including phenoxy) is 1. The number of Topliss-reactive ketones (excluding diaryl/α,β-unsaturated/α-hetero) is 1. The third-order valence-corrected chi connectivity index (χ3v) is 11.8. The van der Waals surface area contributed by atoms with E-state index in [0.29, 0.717) is 38.1 Å². The van der Waals surface area contributed by atoms with E-state index < -0.39 is 11.1 Å². The number of likely N-dealkylation sites (N-methyl/N-ethyl adjacent to an activating group) is 1. The monoisotopic (exact) mass is 592 g/mol. The maximum absolute atomic E-state index is 14.5. The average molecular weight is 593 g/mol. The molecule has 1 aliphatic carbocycles. The summed E-state index contributed by atoms with van der Waals surface area (Å²) < 4.78 is 6.05. The van der Waals surface area contributed by atoms with Crippen LogP contribution in [0.5, 0.6) is 0 Å². The Hall–Kier alpha value is -2.26. The molecule has 4 aliphatic heterocycles. The number of thioether (sulfide) groups is 1. The van der Waals surface area contributed by atoms with Gasteiger partial charge in [-0.05, 0) is 69.8 Å². The van der Waals surface area contributed by atoms with E-state index in [1.54, 1.807) is 4.90 Å². The number of nitriles is 1. The first-order chi connectivity index (χ1) is 20.3. The number of likely N-dealkylation sites (tertiary alicyclic amines) is 1. The number of amides is 1. The first-order valence-electron chi connectivity index (χ1n) is 15.5. The SMILES string of the molecule is C=CC(=O)N1CCN(C2NC(OCC3CCCN3C)NC3C(=O)[C@]4(CCC32)Cc2ccc(C)cc2CS4)CC1CC#N. The van der Waals surface area contributed by atoms with Gasteiger partial charge in [-0.15, -0.1) is 11.8 Å². The minimum atomic E-state index is -0.449. The molecule has 1 aromatic carbocycles. The van der Waals surface area contributed by atoms with E-state index in [1.165, 1.54) is 29.2 Å². The molecule has 1 spiro atoms. The Morgan fingerprint density at radius 3 is 2.86 bits per heavy atom. The van der Waals surface area contributed by atoms with Gasteiger partial charge >= 0.3 is 0 Å². The second kappa shape index (κ2) is 12.4. The minimum Gasteiger partial charge on any atom is -0.348 e. The number of carbonyl (C=O) groups excluding carboxylic acids is 2. The highest BCUT2D eigenvalue weighted by Crippen LogP contribution is 2.48. The highest BCUT2D eigenvalue weighted by atomic mass is 32.2. The molecule has 3 saturated heterocycles. The molecule has 4 heterocycles. The van der Waals surface area contributed by atoms with Crippen molar-refractivity contribution in [3.05, 3.63) is 47.5 Å². The van der Waals surface area contributed by atoms with Crippen molar-refractivity contribution in [1.82, 2.24) is 25.3 Å². The number of ketones is 1. The van der Waals surface area contributed by atoms with Gasteiger partial charge in [0.25, 0.3) is 0 Å². The summed E-state index contributed by atoms with van der Waals surface area (Å²) in [6.45, 7) is 9.25. The predicted octanol–water partition coefficient (Wildman–Crippen LogP) is 2.40. The quantitative estimate of drug-likeness (QED) is 0.483. The first kappa shape index (κ1) is 29.8. The summed E-state index contributed by atoms with van der Waals surface area (Å²) in [7, 11) is 2.15. The maximum atomic E-state index is 14.5. The van der Waals surface area contributed by atoms with Crippen LogP contribution in [-0.2, 0) is 26.5 Å². The molecule has 10 heteroatoms. The molecule has 2 N–H and O–H groups in total. The minimum absolute atomic E-state index is 0.0709. The van der Waals surface area contributed by atoms with E-state index in [2.05, 4.69) is 65.3 Å². The topological polar surface area (TPSA) is 101 Å². The van der Waals surface area contributed by atoms with Crippen molar-refractivity contribution >= 4 is 23.5 Å². The molecule has 6 unspecified atom stereocenters. The fourth-order valence-corrected chi connectivity index (χ4v) is 9.33. The van der Waals surface area contributed by atoms with Crippen molar-refractivity contribution in [2.45, 2.75) is 86.6 Å². The zero-order valence-corrected chi connectivity index (χ0v) is 25.7. The van der Waals surface area contributed by atoms with Crippen LogP contribution in [-0.4, -0.2) is 102 Å². The molecule has 4 fully saturated rings. The Balaban J connectivity index is 1.24. The fourth-order valence-electron chi connectivity index (χ4n) is 7.84. The Labute approximate surface area is 254 Å². The van der Waals surface area contributed by atoms with E-state index in [0.717, 1.165) is 38.0 Å². The molecule has 1 aromatic rings. The van der Waals surface area contributed by atoms with E-state index in [1.807, 2.05) is 11.8 Å². The second-order valence-electron chi connectivity index (χ2n) is 12.8. The predicted molar refractivity (Wildman–Crippen MR) is 163 cm³/mol. The third kappa shape index (κ3) is 5.68. The van der Waals surface area contributed by atoms with Gasteiger partial charge in [-0.2, -0.15) is 5.26 Å². The standard InChI is InChI=1S/C32H44N6O3S/c1-4-27(39)38-15-14-37(18-24(38)10-12-33)30-26-9-11-32(17-22-8-7-21(2)16-23(22)20-42-32)29(40)28(26)34-31(35-30)41-19-25-6-5-13-36(25)3/h4,7-8,16,24-26,28,30-31,34-35H,1,5-6,9-11,13-15,17-20H2,2-3H3/t24?,25?,26?,28?,30?,31?,32-/m0/s1. The van der Waals surface area contributed by atoms with Crippen LogP contribution in [0.2, 0.25) is 0 Å². The molecule has 1 amide bonds. The second-order valence-corrected chi connectivity index (χ2v) is 14.2. The van der Waals surface area contributed by atoms with Crippen molar-refractivity contribution in [2.24, 2.45) is 5.92 Å². The lowest BCUT2D eigenvalue weighted by molar-refractivity contribution is -0.144. The van der Waals surface area contributed by atoms with Gasteiger partial charge in [-0.1, -0.05) is 30.3 Å². The lowest BCUT2D eigenvalue weighted by Gasteiger charge is -2.55. The molecule has 42 heavy (non-hydrogen) atoms. The highest BCUT2D eigenvalue weighted by molar-refractivity contribution is 8.00. The zero-order chi connectivity index (χ0) is 29.4. The van der Waals surface area contributed by atoms with E-state index in [9.17, 15) is 14.9 Å². The number of aryl methyl sites for hydroxylation is 1.